The third kappa shape index (κ3) is 2.19. The summed E-state index contributed by atoms with van der Waals surface area (Å²) in [5.74, 6) is -1.72. The van der Waals surface area contributed by atoms with Crippen molar-refractivity contribution in [2.45, 2.75) is 25.7 Å². The Hall–Kier alpha value is -1.10. The van der Waals surface area contributed by atoms with Crippen molar-refractivity contribution < 1.29 is 19.8 Å². The Labute approximate surface area is 94.0 Å². The van der Waals surface area contributed by atoms with E-state index in [2.05, 4.69) is 0 Å². The zero-order valence-electron chi connectivity index (χ0n) is 9.19. The average Bonchev–Trinajstić information content (AvgIpc) is 2.74. The highest BCUT2D eigenvalue weighted by Gasteiger charge is 2.46. The monoisotopic (exact) mass is 227 g/mol. The lowest BCUT2D eigenvalue weighted by atomic mass is 9.84. The molecule has 5 heteroatoms. The molecule has 1 saturated carbocycles. The van der Waals surface area contributed by atoms with Crippen LogP contribution in [0.5, 0.6) is 0 Å². The van der Waals surface area contributed by atoms with Gasteiger partial charge < -0.3 is 10.2 Å². The predicted molar refractivity (Wildman–Crippen MR) is 56.1 cm³/mol. The zero-order valence-corrected chi connectivity index (χ0v) is 9.19. The first-order valence-corrected chi connectivity index (χ1v) is 5.68. The third-order valence-electron chi connectivity index (χ3n) is 3.93. The molecule has 0 bridgehead atoms. The van der Waals surface area contributed by atoms with Gasteiger partial charge in [0.25, 0.3) is 0 Å². The second kappa shape index (κ2) is 4.05. The van der Waals surface area contributed by atoms with Crippen molar-refractivity contribution in [3.63, 3.8) is 0 Å². The van der Waals surface area contributed by atoms with Crippen molar-refractivity contribution in [3.05, 3.63) is 0 Å². The van der Waals surface area contributed by atoms with Crippen LogP contribution in [-0.2, 0) is 9.59 Å². The molecule has 2 rings (SSSR count). The average molecular weight is 227 g/mol. The third-order valence-corrected chi connectivity index (χ3v) is 3.93. The molecule has 90 valence electrons. The molecule has 0 aromatic carbocycles. The van der Waals surface area contributed by atoms with Crippen LogP contribution in [0.15, 0.2) is 0 Å². The van der Waals surface area contributed by atoms with Crippen molar-refractivity contribution >= 4 is 11.9 Å². The van der Waals surface area contributed by atoms with E-state index in [1.807, 2.05) is 4.90 Å². The molecule has 2 N–H and O–H groups in total. The predicted octanol–water partition coefficient (Wildman–Crippen LogP) is 0.648. The molecule has 0 radical (unpaired) electrons. The van der Waals surface area contributed by atoms with Crippen molar-refractivity contribution in [1.29, 1.82) is 0 Å². The summed E-state index contributed by atoms with van der Waals surface area (Å²) in [6.45, 7) is 1.63. The fourth-order valence-electron chi connectivity index (χ4n) is 3.14. The van der Waals surface area contributed by atoms with Crippen LogP contribution in [0.3, 0.4) is 0 Å². The van der Waals surface area contributed by atoms with Gasteiger partial charge in [-0.05, 0) is 37.6 Å². The molecule has 2 aliphatic rings. The normalized spacial score (nSPS) is 34.6. The fourth-order valence-corrected chi connectivity index (χ4v) is 3.14. The van der Waals surface area contributed by atoms with Crippen LogP contribution in [0.1, 0.15) is 25.7 Å². The van der Waals surface area contributed by atoms with Crippen molar-refractivity contribution in [1.82, 2.24) is 4.90 Å². The van der Waals surface area contributed by atoms with Crippen LogP contribution in [0.2, 0.25) is 0 Å². The number of carbonyl (C=O) groups is 2. The van der Waals surface area contributed by atoms with E-state index in [0.29, 0.717) is 0 Å². The second-order valence-corrected chi connectivity index (χ2v) is 5.13. The van der Waals surface area contributed by atoms with E-state index in [-0.39, 0.29) is 17.9 Å². The number of carboxylic acid groups (broad SMARTS) is 2. The van der Waals surface area contributed by atoms with Gasteiger partial charge in [0.1, 0.15) is 0 Å². The Morgan fingerprint density at radius 3 is 2.62 bits per heavy atom. The van der Waals surface area contributed by atoms with E-state index in [0.717, 1.165) is 38.8 Å². The van der Waals surface area contributed by atoms with Crippen LogP contribution < -0.4 is 0 Å². The van der Waals surface area contributed by atoms with E-state index in [1.165, 1.54) is 0 Å². The molecule has 1 saturated heterocycles. The summed E-state index contributed by atoms with van der Waals surface area (Å²) in [6.07, 6.45) is 3.35. The van der Waals surface area contributed by atoms with Crippen LogP contribution >= 0.6 is 0 Å². The van der Waals surface area contributed by atoms with Gasteiger partial charge in [-0.3, -0.25) is 14.5 Å². The van der Waals surface area contributed by atoms with Gasteiger partial charge in [-0.25, -0.2) is 0 Å². The molecule has 0 amide bonds. The lowest BCUT2D eigenvalue weighted by molar-refractivity contribution is -0.142. The van der Waals surface area contributed by atoms with E-state index in [4.69, 9.17) is 10.2 Å². The second-order valence-electron chi connectivity index (χ2n) is 5.13. The number of hydrogen-bond acceptors (Lipinski definition) is 3. The van der Waals surface area contributed by atoms with E-state index < -0.39 is 11.9 Å². The summed E-state index contributed by atoms with van der Waals surface area (Å²) in [4.78, 5) is 23.4. The summed E-state index contributed by atoms with van der Waals surface area (Å²) < 4.78 is 0. The van der Waals surface area contributed by atoms with Gasteiger partial charge in [0, 0.05) is 6.54 Å². The van der Waals surface area contributed by atoms with Gasteiger partial charge in [-0.2, -0.15) is 0 Å². The Morgan fingerprint density at radius 2 is 2.06 bits per heavy atom. The Morgan fingerprint density at radius 1 is 1.31 bits per heavy atom. The van der Waals surface area contributed by atoms with Gasteiger partial charge in [0.2, 0.25) is 0 Å². The topological polar surface area (TPSA) is 77.8 Å². The quantitative estimate of drug-likeness (QED) is 0.740. The molecule has 1 heterocycles. The number of rotatable bonds is 3. The Kier molecular flexibility index (Phi) is 2.88. The summed E-state index contributed by atoms with van der Waals surface area (Å²) in [7, 11) is 0. The summed E-state index contributed by atoms with van der Waals surface area (Å²) in [6, 6.07) is 0. The van der Waals surface area contributed by atoms with Crippen LogP contribution in [-0.4, -0.2) is 46.7 Å². The Bertz CT molecular complexity index is 317. The first-order chi connectivity index (χ1) is 7.51. The molecule has 5 nitrogen and oxygen atoms in total. The molecule has 0 aromatic heterocycles. The minimum absolute atomic E-state index is 0.0819. The van der Waals surface area contributed by atoms with Gasteiger partial charge in [-0.15, -0.1) is 0 Å². The van der Waals surface area contributed by atoms with Crippen LogP contribution in [0.4, 0.5) is 0 Å². The lowest BCUT2D eigenvalue weighted by Crippen LogP contribution is -2.30. The summed E-state index contributed by atoms with van der Waals surface area (Å²) >= 11 is 0. The molecule has 1 aliphatic carbocycles. The van der Waals surface area contributed by atoms with Gasteiger partial charge in [-0.1, -0.05) is 0 Å². The Balaban J connectivity index is 1.93. The zero-order chi connectivity index (χ0) is 11.8. The molecular weight excluding hydrogens is 210 g/mol. The van der Waals surface area contributed by atoms with Crippen LogP contribution in [0.25, 0.3) is 0 Å². The standard InChI is InChI=1S/C11H17NO4/c13-9(14)6-12-4-3-11(7-12)2-1-8(5-11)10(15)16/h8H,1-7H2,(H,13,14)(H,15,16)/t8-,11-/m1/s1. The molecular formula is C11H17NO4. The van der Waals surface area contributed by atoms with Crippen LogP contribution in [0, 0.1) is 11.3 Å². The molecule has 2 fully saturated rings. The maximum Gasteiger partial charge on any atom is 0.317 e. The van der Waals surface area contributed by atoms with Crippen molar-refractivity contribution in [2.75, 3.05) is 19.6 Å². The highest BCUT2D eigenvalue weighted by atomic mass is 16.4. The van der Waals surface area contributed by atoms with Gasteiger partial charge in [0.05, 0.1) is 12.5 Å². The van der Waals surface area contributed by atoms with Gasteiger partial charge >= 0.3 is 11.9 Å². The molecule has 1 aliphatic heterocycles. The van der Waals surface area contributed by atoms with E-state index in [1.54, 1.807) is 0 Å². The highest BCUT2D eigenvalue weighted by molar-refractivity contribution is 5.70. The number of carboxylic acids is 2. The minimum atomic E-state index is -0.801. The van der Waals surface area contributed by atoms with Crippen molar-refractivity contribution in [2.24, 2.45) is 11.3 Å². The molecule has 0 unspecified atom stereocenters. The number of likely N-dealkylation sites (tertiary alicyclic amines) is 1. The number of nitrogens with zero attached hydrogens (tertiary/aromatic N) is 1. The van der Waals surface area contributed by atoms with Gasteiger partial charge in [0.15, 0.2) is 0 Å². The molecule has 16 heavy (non-hydrogen) atoms. The number of aliphatic carboxylic acids is 2. The highest BCUT2D eigenvalue weighted by Crippen LogP contribution is 2.47. The number of hydrogen-bond donors (Lipinski definition) is 2. The summed E-state index contributed by atoms with van der Waals surface area (Å²) in [5.41, 5.74) is 0.0819. The fraction of sp³-hybridized carbons (Fsp3) is 0.818. The maximum atomic E-state index is 10.9. The maximum absolute atomic E-state index is 10.9. The van der Waals surface area contributed by atoms with E-state index >= 15 is 0 Å². The molecule has 2 atom stereocenters. The smallest absolute Gasteiger partial charge is 0.317 e. The SMILES string of the molecule is O=C(O)CN1CC[C@@]2(CC[C@@H](C(=O)O)C2)C1. The van der Waals surface area contributed by atoms with E-state index in [9.17, 15) is 9.59 Å². The minimum Gasteiger partial charge on any atom is -0.481 e. The molecule has 0 aromatic rings. The lowest BCUT2D eigenvalue weighted by Gasteiger charge is -2.23. The summed E-state index contributed by atoms with van der Waals surface area (Å²) in [5, 5.41) is 17.7. The van der Waals surface area contributed by atoms with Crippen molar-refractivity contribution in [3.8, 4) is 0 Å². The first kappa shape index (κ1) is 11.4. The first-order valence-electron chi connectivity index (χ1n) is 5.68. The largest absolute Gasteiger partial charge is 0.481 e. The molecule has 1 spiro atoms.